The average Bonchev–Trinajstić information content (AvgIpc) is 2.43. The van der Waals surface area contributed by atoms with Crippen LogP contribution in [0.2, 0.25) is 5.02 Å². The van der Waals surface area contributed by atoms with Gasteiger partial charge in [-0.1, -0.05) is 17.7 Å². The molecule has 0 bridgehead atoms. The first-order chi connectivity index (χ1) is 9.99. The first kappa shape index (κ1) is 15.6. The van der Waals surface area contributed by atoms with Crippen LogP contribution in [0.5, 0.6) is 5.75 Å². The minimum Gasteiger partial charge on any atom is -0.495 e. The summed E-state index contributed by atoms with van der Waals surface area (Å²) in [5.74, 6) is 0.634. The van der Waals surface area contributed by atoms with Crippen molar-refractivity contribution >= 4 is 40.3 Å². The van der Waals surface area contributed by atoms with Crippen LogP contribution in [0.3, 0.4) is 0 Å². The monoisotopic (exact) mass is 320 g/mol. The lowest BCUT2D eigenvalue weighted by atomic mass is 10.1. The molecule has 0 fully saturated rings. The van der Waals surface area contributed by atoms with Gasteiger partial charge in [0, 0.05) is 11.4 Å². The van der Waals surface area contributed by atoms with Gasteiger partial charge in [-0.25, -0.2) is 0 Å². The van der Waals surface area contributed by atoms with Gasteiger partial charge < -0.3 is 15.4 Å². The number of hydrogen-bond acceptors (Lipinski definition) is 2. The molecule has 0 spiro atoms. The van der Waals surface area contributed by atoms with E-state index in [1.807, 2.05) is 12.1 Å². The minimum absolute atomic E-state index is 0.513. The third kappa shape index (κ3) is 4.09. The molecular weight excluding hydrogens is 304 g/mol. The molecular formula is C16H17ClN2OS. The molecule has 0 aromatic heterocycles. The van der Waals surface area contributed by atoms with Crippen molar-refractivity contribution in [2.24, 2.45) is 0 Å². The molecule has 0 aliphatic heterocycles. The highest BCUT2D eigenvalue weighted by Crippen LogP contribution is 2.27. The molecule has 0 amide bonds. The number of ether oxygens (including phenoxy) is 1. The van der Waals surface area contributed by atoms with E-state index in [0.29, 0.717) is 15.9 Å². The van der Waals surface area contributed by atoms with E-state index in [1.165, 1.54) is 11.1 Å². The maximum atomic E-state index is 6.08. The fourth-order valence-corrected chi connectivity index (χ4v) is 2.35. The van der Waals surface area contributed by atoms with Crippen LogP contribution in [0.25, 0.3) is 0 Å². The van der Waals surface area contributed by atoms with E-state index in [4.69, 9.17) is 28.6 Å². The zero-order chi connectivity index (χ0) is 15.4. The topological polar surface area (TPSA) is 33.3 Å². The number of nitrogens with one attached hydrogen (secondary N) is 2. The number of rotatable bonds is 3. The highest BCUT2D eigenvalue weighted by Gasteiger charge is 2.04. The number of anilines is 2. The van der Waals surface area contributed by atoms with Crippen LogP contribution in [0.1, 0.15) is 11.1 Å². The van der Waals surface area contributed by atoms with Gasteiger partial charge in [-0.3, -0.25) is 0 Å². The number of methoxy groups -OCH3 is 1. The molecule has 0 radical (unpaired) electrons. The summed E-state index contributed by atoms with van der Waals surface area (Å²) in [4.78, 5) is 0. The fraction of sp³-hybridized carbons (Fsp3) is 0.188. The lowest BCUT2D eigenvalue weighted by molar-refractivity contribution is 0.415. The lowest BCUT2D eigenvalue weighted by Crippen LogP contribution is -2.19. The van der Waals surface area contributed by atoms with Gasteiger partial charge >= 0.3 is 0 Å². The number of hydrogen-bond donors (Lipinski definition) is 2. The third-order valence-corrected chi connectivity index (χ3v) is 3.67. The second kappa shape index (κ2) is 6.78. The van der Waals surface area contributed by atoms with Crippen molar-refractivity contribution in [3.05, 3.63) is 52.5 Å². The standard InChI is InChI=1S/C16H17ClN2OS/c1-10-4-5-12(8-11(10)2)18-16(21)19-13-6-7-15(20-3)14(17)9-13/h4-9H,1-3H3,(H2,18,19,21). The smallest absolute Gasteiger partial charge is 0.175 e. The Kier molecular flexibility index (Phi) is 5.04. The number of benzene rings is 2. The molecule has 0 aliphatic carbocycles. The maximum absolute atomic E-state index is 6.08. The number of halogens is 1. The lowest BCUT2D eigenvalue weighted by Gasteiger charge is -2.12. The van der Waals surface area contributed by atoms with Gasteiger partial charge in [0.1, 0.15) is 5.75 Å². The molecule has 0 saturated heterocycles. The van der Waals surface area contributed by atoms with E-state index in [1.54, 1.807) is 19.2 Å². The van der Waals surface area contributed by atoms with Gasteiger partial charge in [0.05, 0.1) is 12.1 Å². The van der Waals surface area contributed by atoms with Gasteiger partial charge in [-0.15, -0.1) is 0 Å². The van der Waals surface area contributed by atoms with E-state index in [-0.39, 0.29) is 0 Å². The van der Waals surface area contributed by atoms with Crippen LogP contribution in [-0.2, 0) is 0 Å². The predicted molar refractivity (Wildman–Crippen MR) is 93.8 cm³/mol. The molecule has 5 heteroatoms. The van der Waals surface area contributed by atoms with Crippen molar-refractivity contribution in [3.63, 3.8) is 0 Å². The second-order valence-corrected chi connectivity index (χ2v) is 5.54. The van der Waals surface area contributed by atoms with Gasteiger partial charge in [0.2, 0.25) is 0 Å². The van der Waals surface area contributed by atoms with Gasteiger partial charge in [0.15, 0.2) is 5.11 Å². The maximum Gasteiger partial charge on any atom is 0.175 e. The SMILES string of the molecule is COc1ccc(NC(=S)Nc2ccc(C)c(C)c2)cc1Cl. The molecule has 2 rings (SSSR count). The zero-order valence-electron chi connectivity index (χ0n) is 12.2. The molecule has 3 nitrogen and oxygen atoms in total. The molecule has 2 aromatic carbocycles. The molecule has 21 heavy (non-hydrogen) atoms. The Bertz CT molecular complexity index is 673. The largest absolute Gasteiger partial charge is 0.495 e. The number of thiocarbonyl (C=S) groups is 1. The van der Waals surface area contributed by atoms with Crippen LogP contribution in [0.15, 0.2) is 36.4 Å². The quantitative estimate of drug-likeness (QED) is 0.798. The van der Waals surface area contributed by atoms with Crippen LogP contribution < -0.4 is 15.4 Å². The van der Waals surface area contributed by atoms with E-state index >= 15 is 0 Å². The van der Waals surface area contributed by atoms with Crippen molar-refractivity contribution in [1.29, 1.82) is 0 Å². The predicted octanol–water partition coefficient (Wildman–Crippen LogP) is 4.77. The van der Waals surface area contributed by atoms with Crippen LogP contribution >= 0.6 is 23.8 Å². The highest BCUT2D eigenvalue weighted by molar-refractivity contribution is 7.80. The Morgan fingerprint density at radius 2 is 1.62 bits per heavy atom. The molecule has 0 atom stereocenters. The van der Waals surface area contributed by atoms with Crippen molar-refractivity contribution in [1.82, 2.24) is 0 Å². The summed E-state index contributed by atoms with van der Waals surface area (Å²) < 4.78 is 5.12. The van der Waals surface area contributed by atoms with E-state index < -0.39 is 0 Å². The number of aryl methyl sites for hydroxylation is 2. The third-order valence-electron chi connectivity index (χ3n) is 3.17. The summed E-state index contributed by atoms with van der Waals surface area (Å²) in [6.07, 6.45) is 0. The van der Waals surface area contributed by atoms with Gasteiger partial charge in [0.25, 0.3) is 0 Å². The van der Waals surface area contributed by atoms with E-state index in [9.17, 15) is 0 Å². The van der Waals surface area contributed by atoms with Gasteiger partial charge in [-0.05, 0) is 67.5 Å². The molecule has 0 unspecified atom stereocenters. The summed E-state index contributed by atoms with van der Waals surface area (Å²) in [7, 11) is 1.58. The van der Waals surface area contributed by atoms with Gasteiger partial charge in [-0.2, -0.15) is 0 Å². The molecule has 110 valence electrons. The summed E-state index contributed by atoms with van der Waals surface area (Å²) >= 11 is 11.4. The molecule has 0 heterocycles. The fourth-order valence-electron chi connectivity index (χ4n) is 1.86. The van der Waals surface area contributed by atoms with Crippen molar-refractivity contribution in [2.45, 2.75) is 13.8 Å². The normalized spacial score (nSPS) is 10.1. The molecule has 0 aliphatic rings. The van der Waals surface area contributed by atoms with Crippen molar-refractivity contribution < 1.29 is 4.74 Å². The summed E-state index contributed by atoms with van der Waals surface area (Å²) in [5, 5.41) is 7.30. The Labute approximate surface area is 135 Å². The van der Waals surface area contributed by atoms with Crippen molar-refractivity contribution in [2.75, 3.05) is 17.7 Å². The summed E-state index contributed by atoms with van der Waals surface area (Å²) in [6.45, 7) is 4.15. The van der Waals surface area contributed by atoms with Crippen LogP contribution in [0, 0.1) is 13.8 Å². The minimum atomic E-state index is 0.513. The molecule has 2 aromatic rings. The Hall–Kier alpha value is -1.78. The first-order valence-electron chi connectivity index (χ1n) is 6.48. The summed E-state index contributed by atoms with van der Waals surface area (Å²) in [6, 6.07) is 11.5. The zero-order valence-corrected chi connectivity index (χ0v) is 13.7. The second-order valence-electron chi connectivity index (χ2n) is 4.73. The Balaban J connectivity index is 2.04. The summed E-state index contributed by atoms with van der Waals surface area (Å²) in [5.41, 5.74) is 4.23. The molecule has 0 saturated carbocycles. The first-order valence-corrected chi connectivity index (χ1v) is 7.27. The van der Waals surface area contributed by atoms with Crippen LogP contribution in [0.4, 0.5) is 11.4 Å². The molecule has 2 N–H and O–H groups in total. The highest BCUT2D eigenvalue weighted by atomic mass is 35.5. The Morgan fingerprint density at radius 1 is 1.00 bits per heavy atom. The Morgan fingerprint density at radius 3 is 2.19 bits per heavy atom. The van der Waals surface area contributed by atoms with E-state index in [2.05, 4.69) is 36.6 Å². The van der Waals surface area contributed by atoms with E-state index in [0.717, 1.165) is 11.4 Å². The van der Waals surface area contributed by atoms with Crippen molar-refractivity contribution in [3.8, 4) is 5.75 Å². The average molecular weight is 321 g/mol. The van der Waals surface area contributed by atoms with Crippen LogP contribution in [-0.4, -0.2) is 12.2 Å².